The maximum atomic E-state index is 13.2. The zero-order chi connectivity index (χ0) is 20.7. The Morgan fingerprint density at radius 3 is 2.03 bits per heavy atom. The molecule has 0 aliphatic carbocycles. The number of benzene rings is 3. The molecule has 3 aromatic carbocycles. The minimum Gasteiger partial charge on any atom is -0.351 e. The molecule has 0 unspecified atom stereocenters. The molecule has 0 bridgehead atoms. The molecular formula is C22H21FN2O3S. The van der Waals surface area contributed by atoms with Crippen molar-refractivity contribution in [2.45, 2.75) is 18.0 Å². The molecule has 0 heterocycles. The van der Waals surface area contributed by atoms with Gasteiger partial charge in [0.1, 0.15) is 5.82 Å². The van der Waals surface area contributed by atoms with Crippen molar-refractivity contribution in [3.63, 3.8) is 0 Å². The van der Waals surface area contributed by atoms with Crippen molar-refractivity contribution in [1.82, 2.24) is 9.62 Å². The third kappa shape index (κ3) is 5.73. The first kappa shape index (κ1) is 20.7. The Hall–Kier alpha value is -3.03. The van der Waals surface area contributed by atoms with Gasteiger partial charge in [0.25, 0.3) is 0 Å². The molecule has 0 radical (unpaired) electrons. The number of rotatable bonds is 8. The van der Waals surface area contributed by atoms with E-state index >= 15 is 0 Å². The quantitative estimate of drug-likeness (QED) is 0.617. The first-order valence-electron chi connectivity index (χ1n) is 9.05. The van der Waals surface area contributed by atoms with Crippen LogP contribution in [-0.2, 0) is 27.9 Å². The molecule has 150 valence electrons. The predicted octanol–water partition coefficient (Wildman–Crippen LogP) is 3.33. The Labute approximate surface area is 169 Å². The van der Waals surface area contributed by atoms with Gasteiger partial charge in [-0.15, -0.1) is 0 Å². The molecule has 0 spiro atoms. The van der Waals surface area contributed by atoms with Crippen molar-refractivity contribution < 1.29 is 17.6 Å². The molecule has 0 saturated carbocycles. The van der Waals surface area contributed by atoms with Crippen LogP contribution in [0.5, 0.6) is 0 Å². The molecule has 3 rings (SSSR count). The average Bonchev–Trinajstić information content (AvgIpc) is 2.74. The highest BCUT2D eigenvalue weighted by atomic mass is 32.2. The smallest absolute Gasteiger partial charge is 0.243 e. The number of amides is 1. The number of hydrogen-bond acceptors (Lipinski definition) is 3. The van der Waals surface area contributed by atoms with Crippen LogP contribution in [0.4, 0.5) is 4.39 Å². The van der Waals surface area contributed by atoms with E-state index in [2.05, 4.69) is 5.32 Å². The van der Waals surface area contributed by atoms with E-state index < -0.39 is 21.7 Å². The number of carbonyl (C=O) groups excluding carboxylic acids is 1. The Morgan fingerprint density at radius 2 is 1.41 bits per heavy atom. The van der Waals surface area contributed by atoms with E-state index in [-0.39, 0.29) is 18.0 Å². The fraction of sp³-hybridized carbons (Fsp3) is 0.136. The number of nitrogens with zero attached hydrogens (tertiary/aromatic N) is 1. The van der Waals surface area contributed by atoms with Gasteiger partial charge >= 0.3 is 0 Å². The molecule has 0 aromatic heterocycles. The van der Waals surface area contributed by atoms with E-state index in [1.807, 2.05) is 30.3 Å². The standard InChI is InChI=1S/C22H21FN2O3S/c23-20-13-11-19(12-14-20)16-25(29(27,28)21-9-5-2-6-10-21)17-22(26)24-15-18-7-3-1-4-8-18/h1-14H,15-17H2,(H,24,26). The Bertz CT molecular complexity index is 1040. The minimum atomic E-state index is -3.91. The van der Waals surface area contributed by atoms with E-state index in [0.717, 1.165) is 9.87 Å². The van der Waals surface area contributed by atoms with Crippen LogP contribution < -0.4 is 5.32 Å². The molecule has 29 heavy (non-hydrogen) atoms. The Morgan fingerprint density at radius 1 is 0.828 bits per heavy atom. The SMILES string of the molecule is O=C(CN(Cc1ccc(F)cc1)S(=O)(=O)c1ccccc1)NCc1ccccc1. The fourth-order valence-corrected chi connectivity index (χ4v) is 4.18. The van der Waals surface area contributed by atoms with Gasteiger partial charge in [0, 0.05) is 13.1 Å². The molecule has 0 fully saturated rings. The number of hydrogen-bond donors (Lipinski definition) is 1. The molecular weight excluding hydrogens is 391 g/mol. The van der Waals surface area contributed by atoms with Crippen molar-refractivity contribution >= 4 is 15.9 Å². The van der Waals surface area contributed by atoms with E-state index in [9.17, 15) is 17.6 Å². The van der Waals surface area contributed by atoms with Gasteiger partial charge in [0.05, 0.1) is 11.4 Å². The maximum absolute atomic E-state index is 13.2. The number of sulfonamides is 1. The highest BCUT2D eigenvalue weighted by Crippen LogP contribution is 2.18. The second-order valence-corrected chi connectivity index (χ2v) is 8.41. The van der Waals surface area contributed by atoms with Crippen molar-refractivity contribution in [3.05, 3.63) is 102 Å². The normalized spacial score (nSPS) is 11.4. The molecule has 1 amide bonds. The minimum absolute atomic E-state index is 0.0454. The summed E-state index contributed by atoms with van der Waals surface area (Å²) in [7, 11) is -3.91. The lowest BCUT2D eigenvalue weighted by atomic mass is 10.2. The predicted molar refractivity (Wildman–Crippen MR) is 109 cm³/mol. The zero-order valence-electron chi connectivity index (χ0n) is 15.7. The lowest BCUT2D eigenvalue weighted by Crippen LogP contribution is -2.40. The van der Waals surface area contributed by atoms with E-state index in [0.29, 0.717) is 12.1 Å². The first-order chi connectivity index (χ1) is 13.9. The molecule has 7 heteroatoms. The van der Waals surface area contributed by atoms with Gasteiger partial charge in [0.15, 0.2) is 0 Å². The lowest BCUT2D eigenvalue weighted by Gasteiger charge is -2.22. The van der Waals surface area contributed by atoms with Gasteiger partial charge in [-0.25, -0.2) is 12.8 Å². The molecule has 5 nitrogen and oxygen atoms in total. The molecule has 3 aromatic rings. The van der Waals surface area contributed by atoms with Crippen LogP contribution >= 0.6 is 0 Å². The van der Waals surface area contributed by atoms with E-state index in [4.69, 9.17) is 0 Å². The molecule has 0 atom stereocenters. The summed E-state index contributed by atoms with van der Waals surface area (Å²) in [4.78, 5) is 12.6. The van der Waals surface area contributed by atoms with Crippen LogP contribution in [0.1, 0.15) is 11.1 Å². The van der Waals surface area contributed by atoms with Crippen LogP contribution in [0.3, 0.4) is 0 Å². The van der Waals surface area contributed by atoms with Crippen LogP contribution in [0.15, 0.2) is 89.8 Å². The summed E-state index contributed by atoms with van der Waals surface area (Å²) in [6.07, 6.45) is 0. The topological polar surface area (TPSA) is 66.5 Å². The Balaban J connectivity index is 1.78. The largest absolute Gasteiger partial charge is 0.351 e. The van der Waals surface area contributed by atoms with E-state index in [1.165, 1.54) is 36.4 Å². The highest BCUT2D eigenvalue weighted by Gasteiger charge is 2.26. The molecule has 1 N–H and O–H groups in total. The van der Waals surface area contributed by atoms with Gasteiger partial charge in [-0.2, -0.15) is 4.31 Å². The zero-order valence-corrected chi connectivity index (χ0v) is 16.5. The number of nitrogens with one attached hydrogen (secondary N) is 1. The van der Waals surface area contributed by atoms with Crippen LogP contribution in [-0.4, -0.2) is 25.2 Å². The summed E-state index contributed by atoms with van der Waals surface area (Å²) in [5.41, 5.74) is 1.50. The van der Waals surface area contributed by atoms with E-state index in [1.54, 1.807) is 18.2 Å². The summed E-state index contributed by atoms with van der Waals surface area (Å²) < 4.78 is 40.5. The Kier molecular flexibility index (Phi) is 6.74. The maximum Gasteiger partial charge on any atom is 0.243 e. The van der Waals surface area contributed by atoms with Crippen molar-refractivity contribution in [2.75, 3.05) is 6.54 Å². The second-order valence-electron chi connectivity index (χ2n) is 6.47. The monoisotopic (exact) mass is 412 g/mol. The van der Waals surface area contributed by atoms with Gasteiger partial charge in [-0.3, -0.25) is 4.79 Å². The third-order valence-electron chi connectivity index (χ3n) is 4.31. The fourth-order valence-electron chi connectivity index (χ4n) is 2.77. The van der Waals surface area contributed by atoms with Crippen molar-refractivity contribution in [2.24, 2.45) is 0 Å². The number of carbonyl (C=O) groups is 1. The van der Waals surface area contributed by atoms with Crippen LogP contribution in [0.2, 0.25) is 0 Å². The second kappa shape index (κ2) is 9.45. The highest BCUT2D eigenvalue weighted by molar-refractivity contribution is 7.89. The third-order valence-corrected chi connectivity index (χ3v) is 6.11. The summed E-state index contributed by atoms with van der Waals surface area (Å²) in [6.45, 7) is -0.0901. The van der Waals surface area contributed by atoms with Gasteiger partial charge in [0.2, 0.25) is 15.9 Å². The van der Waals surface area contributed by atoms with Crippen molar-refractivity contribution in [3.8, 4) is 0 Å². The summed E-state index contributed by atoms with van der Waals surface area (Å²) in [5, 5.41) is 2.74. The first-order valence-corrected chi connectivity index (χ1v) is 10.5. The molecule has 0 aliphatic rings. The lowest BCUT2D eigenvalue weighted by molar-refractivity contribution is -0.121. The number of halogens is 1. The summed E-state index contributed by atoms with van der Waals surface area (Å²) in [6, 6.07) is 22.8. The van der Waals surface area contributed by atoms with Gasteiger partial charge in [-0.1, -0.05) is 60.7 Å². The van der Waals surface area contributed by atoms with Gasteiger partial charge < -0.3 is 5.32 Å². The van der Waals surface area contributed by atoms with Crippen LogP contribution in [0, 0.1) is 5.82 Å². The summed E-state index contributed by atoms with van der Waals surface area (Å²) >= 11 is 0. The van der Waals surface area contributed by atoms with Crippen molar-refractivity contribution in [1.29, 1.82) is 0 Å². The van der Waals surface area contributed by atoms with Crippen LogP contribution in [0.25, 0.3) is 0 Å². The summed E-state index contributed by atoms with van der Waals surface area (Å²) in [5.74, 6) is -0.831. The molecule has 0 saturated heterocycles. The average molecular weight is 412 g/mol. The molecule has 0 aliphatic heterocycles. The van der Waals surface area contributed by atoms with Gasteiger partial charge in [-0.05, 0) is 35.4 Å².